The first-order chi connectivity index (χ1) is 11.2. The highest BCUT2D eigenvalue weighted by Gasteiger charge is 2.31. The van der Waals surface area contributed by atoms with E-state index in [1.807, 2.05) is 0 Å². The Kier molecular flexibility index (Phi) is 5.71. The second-order valence-corrected chi connectivity index (χ2v) is 7.85. The van der Waals surface area contributed by atoms with E-state index in [0.29, 0.717) is 5.92 Å². The summed E-state index contributed by atoms with van der Waals surface area (Å²) in [6.07, 6.45) is 13.3. The SMILES string of the molecule is CCC[C@H]1CC[C@H]([C@H]2CC[C@H](c3ccc(F)c(F)c3)CC2)CC1. The third-order valence-electron chi connectivity index (χ3n) is 6.44. The number of hydrogen-bond acceptors (Lipinski definition) is 0. The normalized spacial score (nSPS) is 32.0. The van der Waals surface area contributed by atoms with Crippen LogP contribution in [0.4, 0.5) is 8.78 Å². The molecule has 0 aliphatic heterocycles. The third-order valence-corrected chi connectivity index (χ3v) is 6.44. The molecule has 1 aromatic rings. The van der Waals surface area contributed by atoms with Crippen LogP contribution < -0.4 is 0 Å². The van der Waals surface area contributed by atoms with Crippen LogP contribution in [0.1, 0.15) is 82.6 Å². The van der Waals surface area contributed by atoms with E-state index in [9.17, 15) is 8.78 Å². The van der Waals surface area contributed by atoms with Crippen LogP contribution in [0.3, 0.4) is 0 Å². The van der Waals surface area contributed by atoms with Crippen molar-refractivity contribution in [1.82, 2.24) is 0 Å². The molecule has 0 saturated heterocycles. The monoisotopic (exact) mass is 320 g/mol. The van der Waals surface area contributed by atoms with Crippen molar-refractivity contribution in [2.45, 2.75) is 77.0 Å². The van der Waals surface area contributed by atoms with Gasteiger partial charge in [0.1, 0.15) is 0 Å². The van der Waals surface area contributed by atoms with Gasteiger partial charge in [-0.2, -0.15) is 0 Å². The summed E-state index contributed by atoms with van der Waals surface area (Å²) in [4.78, 5) is 0. The molecule has 2 heteroatoms. The quantitative estimate of drug-likeness (QED) is 0.569. The lowest BCUT2D eigenvalue weighted by Gasteiger charge is -2.38. The largest absolute Gasteiger partial charge is 0.204 e. The van der Waals surface area contributed by atoms with Crippen molar-refractivity contribution in [2.24, 2.45) is 17.8 Å². The lowest BCUT2D eigenvalue weighted by molar-refractivity contribution is 0.156. The van der Waals surface area contributed by atoms with Crippen LogP contribution in [0.2, 0.25) is 0 Å². The molecule has 3 rings (SSSR count). The summed E-state index contributed by atoms with van der Waals surface area (Å²) in [7, 11) is 0. The first kappa shape index (κ1) is 16.9. The van der Waals surface area contributed by atoms with E-state index in [1.165, 1.54) is 63.5 Å². The van der Waals surface area contributed by atoms with Crippen molar-refractivity contribution in [3.63, 3.8) is 0 Å². The highest BCUT2D eigenvalue weighted by atomic mass is 19.2. The number of rotatable bonds is 4. The van der Waals surface area contributed by atoms with Crippen LogP contribution in [0.15, 0.2) is 18.2 Å². The lowest BCUT2D eigenvalue weighted by atomic mass is 9.68. The lowest BCUT2D eigenvalue weighted by Crippen LogP contribution is -2.25. The van der Waals surface area contributed by atoms with Crippen LogP contribution in [-0.2, 0) is 0 Å². The Labute approximate surface area is 139 Å². The minimum Gasteiger partial charge on any atom is -0.204 e. The van der Waals surface area contributed by atoms with Gasteiger partial charge in [0.05, 0.1) is 0 Å². The van der Waals surface area contributed by atoms with E-state index >= 15 is 0 Å². The second-order valence-electron chi connectivity index (χ2n) is 7.85. The number of halogens is 2. The van der Waals surface area contributed by atoms with Gasteiger partial charge in [-0.25, -0.2) is 8.78 Å². The van der Waals surface area contributed by atoms with Gasteiger partial charge in [-0.1, -0.05) is 38.7 Å². The predicted octanol–water partition coefficient (Wildman–Crippen LogP) is 6.85. The molecule has 23 heavy (non-hydrogen) atoms. The van der Waals surface area contributed by atoms with Gasteiger partial charge in [0.2, 0.25) is 0 Å². The minimum absolute atomic E-state index is 0.429. The summed E-state index contributed by atoms with van der Waals surface area (Å²) in [5.41, 5.74) is 0.994. The van der Waals surface area contributed by atoms with E-state index in [-0.39, 0.29) is 0 Å². The van der Waals surface area contributed by atoms with Gasteiger partial charge in [0.25, 0.3) is 0 Å². The van der Waals surface area contributed by atoms with Crippen LogP contribution in [0.25, 0.3) is 0 Å². The Hall–Kier alpha value is -0.920. The van der Waals surface area contributed by atoms with E-state index in [1.54, 1.807) is 6.07 Å². The molecule has 0 bridgehead atoms. The topological polar surface area (TPSA) is 0 Å². The fourth-order valence-electron chi connectivity index (χ4n) is 5.05. The average molecular weight is 320 g/mol. The molecule has 2 aliphatic rings. The molecule has 2 saturated carbocycles. The molecule has 0 unspecified atom stereocenters. The van der Waals surface area contributed by atoms with E-state index < -0.39 is 11.6 Å². The van der Waals surface area contributed by atoms with Crippen LogP contribution in [-0.4, -0.2) is 0 Å². The summed E-state index contributed by atoms with van der Waals surface area (Å²) in [5.74, 6) is 1.78. The van der Waals surface area contributed by atoms with Crippen LogP contribution in [0.5, 0.6) is 0 Å². The molecular weight excluding hydrogens is 290 g/mol. The summed E-state index contributed by atoms with van der Waals surface area (Å²) in [5, 5.41) is 0. The molecule has 0 atom stereocenters. The Morgan fingerprint density at radius 3 is 2.00 bits per heavy atom. The molecule has 0 aromatic heterocycles. The van der Waals surface area contributed by atoms with Crippen molar-refractivity contribution in [3.8, 4) is 0 Å². The van der Waals surface area contributed by atoms with Gasteiger partial charge < -0.3 is 0 Å². The van der Waals surface area contributed by atoms with Crippen molar-refractivity contribution < 1.29 is 8.78 Å². The zero-order valence-electron chi connectivity index (χ0n) is 14.4. The van der Waals surface area contributed by atoms with Gasteiger partial charge in [-0.05, 0) is 79.9 Å². The first-order valence-corrected chi connectivity index (χ1v) is 9.62. The summed E-state index contributed by atoms with van der Waals surface area (Å²) in [6.45, 7) is 2.30. The highest BCUT2D eigenvalue weighted by Crippen LogP contribution is 2.44. The van der Waals surface area contributed by atoms with Crippen LogP contribution >= 0.6 is 0 Å². The molecule has 0 radical (unpaired) electrons. The zero-order chi connectivity index (χ0) is 16.2. The molecule has 2 fully saturated rings. The summed E-state index contributed by atoms with van der Waals surface area (Å²) >= 11 is 0. The molecule has 0 heterocycles. The van der Waals surface area contributed by atoms with Gasteiger partial charge in [-0.3, -0.25) is 0 Å². The third kappa shape index (κ3) is 4.14. The standard InChI is InChI=1S/C21H30F2/c1-2-3-15-4-6-16(7-5-15)17-8-10-18(11-9-17)19-12-13-20(22)21(23)14-19/h12-18H,2-11H2,1H3/t15-,16-,17-,18-. The Morgan fingerprint density at radius 2 is 1.43 bits per heavy atom. The number of hydrogen-bond donors (Lipinski definition) is 0. The van der Waals surface area contributed by atoms with Gasteiger partial charge in [0.15, 0.2) is 11.6 Å². The zero-order valence-corrected chi connectivity index (χ0v) is 14.4. The molecule has 0 nitrogen and oxygen atoms in total. The van der Waals surface area contributed by atoms with Crippen molar-refractivity contribution in [3.05, 3.63) is 35.4 Å². The summed E-state index contributed by atoms with van der Waals surface area (Å²) in [6, 6.07) is 4.47. The van der Waals surface area contributed by atoms with Gasteiger partial charge in [0, 0.05) is 0 Å². The Bertz CT molecular complexity index is 495. The maximum Gasteiger partial charge on any atom is 0.159 e. The summed E-state index contributed by atoms with van der Waals surface area (Å²) < 4.78 is 26.5. The molecular formula is C21H30F2. The van der Waals surface area contributed by atoms with Crippen molar-refractivity contribution in [1.29, 1.82) is 0 Å². The highest BCUT2D eigenvalue weighted by molar-refractivity contribution is 5.22. The molecule has 2 aliphatic carbocycles. The number of benzene rings is 1. The van der Waals surface area contributed by atoms with Crippen molar-refractivity contribution >= 4 is 0 Å². The fraction of sp³-hybridized carbons (Fsp3) is 0.714. The average Bonchev–Trinajstić information content (AvgIpc) is 2.59. The molecule has 1 aromatic carbocycles. The van der Waals surface area contributed by atoms with E-state index in [4.69, 9.17) is 0 Å². The molecule has 0 amide bonds. The smallest absolute Gasteiger partial charge is 0.159 e. The predicted molar refractivity (Wildman–Crippen MR) is 91.4 cm³/mol. The molecule has 0 spiro atoms. The molecule has 0 N–H and O–H groups in total. The molecule has 128 valence electrons. The fourth-order valence-corrected chi connectivity index (χ4v) is 5.05. The van der Waals surface area contributed by atoms with Crippen LogP contribution in [0, 0.1) is 29.4 Å². The van der Waals surface area contributed by atoms with Gasteiger partial charge in [-0.15, -0.1) is 0 Å². The van der Waals surface area contributed by atoms with Crippen molar-refractivity contribution in [2.75, 3.05) is 0 Å². The Balaban J connectivity index is 1.50. The van der Waals surface area contributed by atoms with E-state index in [2.05, 4.69) is 6.92 Å². The first-order valence-electron chi connectivity index (χ1n) is 9.62. The van der Waals surface area contributed by atoms with E-state index in [0.717, 1.165) is 36.2 Å². The maximum atomic E-state index is 13.4. The minimum atomic E-state index is -0.730. The second kappa shape index (κ2) is 7.77. The maximum absolute atomic E-state index is 13.4. The Morgan fingerprint density at radius 1 is 0.826 bits per heavy atom. The van der Waals surface area contributed by atoms with Gasteiger partial charge >= 0.3 is 0 Å².